The first-order chi connectivity index (χ1) is 31.9. The van der Waals surface area contributed by atoms with E-state index in [-0.39, 0.29) is 41.4 Å². The number of imidazole rings is 1. The van der Waals surface area contributed by atoms with Gasteiger partial charge in [-0.05, 0) is 125 Å². The van der Waals surface area contributed by atoms with Crippen LogP contribution in [0.1, 0.15) is 94.7 Å². The monoisotopic (exact) mass is 908 g/mol. The molecule has 15 nitrogen and oxygen atoms in total. The number of amidine groups is 1. The van der Waals surface area contributed by atoms with Crippen molar-refractivity contribution in [2.24, 2.45) is 13.0 Å². The maximum absolute atomic E-state index is 14.6. The number of hydrogen-bond donors (Lipinski definition) is 3. The first-order valence-corrected chi connectivity index (χ1v) is 23.9. The molecule has 4 aromatic rings. The first-order valence-electron chi connectivity index (χ1n) is 23.9. The highest BCUT2D eigenvalue weighted by molar-refractivity contribution is 6.09. The van der Waals surface area contributed by atoms with Crippen LogP contribution in [0.15, 0.2) is 64.9 Å². The molecule has 7 heterocycles. The number of benzene rings is 2. The predicted molar refractivity (Wildman–Crippen MR) is 250 cm³/mol. The van der Waals surface area contributed by atoms with Crippen molar-refractivity contribution in [2.75, 3.05) is 63.8 Å². The Kier molecular flexibility index (Phi) is 13.5. The zero-order valence-electron chi connectivity index (χ0n) is 38.2. The van der Waals surface area contributed by atoms with E-state index in [0.29, 0.717) is 61.8 Å². The number of anilines is 1. The summed E-state index contributed by atoms with van der Waals surface area (Å²) in [6, 6.07) is 10.6. The van der Waals surface area contributed by atoms with Gasteiger partial charge < -0.3 is 24.9 Å². The summed E-state index contributed by atoms with van der Waals surface area (Å²) in [6.45, 7) is 9.66. The summed E-state index contributed by atoms with van der Waals surface area (Å²) >= 11 is 0. The van der Waals surface area contributed by atoms with E-state index in [4.69, 9.17) is 0 Å². The number of halogens is 2. The van der Waals surface area contributed by atoms with Crippen molar-refractivity contribution in [3.05, 3.63) is 81.7 Å². The molecule has 0 radical (unpaired) electrons. The Bertz CT molecular complexity index is 2560. The molecule has 3 N–H and O–H groups in total. The number of likely N-dealkylation sites (tertiary alicyclic amines) is 2. The molecule has 3 fully saturated rings. The lowest BCUT2D eigenvalue weighted by molar-refractivity contribution is -0.135. The minimum absolute atomic E-state index is 0.0411. The standard InChI is InChI=1S/C49H63F2N11O4/c1-32(63)59-25-17-40(39(31-59)47(52)60-20-7-8-34-26-37(35-28-53-56(2)30-35)38(46(50)51)27-44(34)60)54-36-15-23-58(24-16-36)19-6-5-18-57-21-13-33(14-22-57)29-61-41-9-3-4-10-42(41)62(49(61)66)43-11-12-45(64)55-48(43)65/h3-4,9-10,26-28,30,33,36,43,46,52,54H,5-8,11-25,29,31H2,1-2H3,(H,55,64,65). The molecule has 0 saturated carbocycles. The predicted octanol–water partition coefficient (Wildman–Crippen LogP) is 5.60. The van der Waals surface area contributed by atoms with Gasteiger partial charge in [0, 0.05) is 99.9 Å². The molecule has 0 spiro atoms. The number of hydrogen-bond acceptors (Lipinski definition) is 9. The van der Waals surface area contributed by atoms with Gasteiger partial charge in [-0.3, -0.25) is 38.9 Å². The van der Waals surface area contributed by atoms with Gasteiger partial charge in [0.05, 0.1) is 23.8 Å². The summed E-state index contributed by atoms with van der Waals surface area (Å²) in [5.41, 5.74) is 5.74. The number of amides is 3. The third kappa shape index (κ3) is 9.59. The van der Waals surface area contributed by atoms with Gasteiger partial charge in [0.15, 0.2) is 0 Å². The maximum Gasteiger partial charge on any atom is 0.329 e. The van der Waals surface area contributed by atoms with Gasteiger partial charge in [0.2, 0.25) is 17.7 Å². The SMILES string of the molecule is CC(=O)N1CCC(NC2CCN(CCCCN3CCC(Cn4c(=O)n(C5CCC(=O)NC5=O)c5ccccc54)CC3)CC2)=C(C(=N)N2CCCc3cc(-c4cnn(C)c4)c(C(F)F)cc32)C1. The van der Waals surface area contributed by atoms with Crippen LogP contribution in [0.4, 0.5) is 14.5 Å². The second-order valence-electron chi connectivity index (χ2n) is 19.0. The van der Waals surface area contributed by atoms with Crippen molar-refractivity contribution < 1.29 is 23.2 Å². The molecule has 352 valence electrons. The van der Waals surface area contributed by atoms with Gasteiger partial charge in [0.1, 0.15) is 11.9 Å². The summed E-state index contributed by atoms with van der Waals surface area (Å²) in [4.78, 5) is 59.7. The van der Waals surface area contributed by atoms with Crippen LogP contribution in [-0.4, -0.2) is 122 Å². The second-order valence-corrected chi connectivity index (χ2v) is 19.0. The average Bonchev–Trinajstić information content (AvgIpc) is 3.87. The summed E-state index contributed by atoms with van der Waals surface area (Å²) in [5.74, 6) is -0.112. The molecular formula is C49H63F2N11O4. The highest BCUT2D eigenvalue weighted by atomic mass is 19.3. The Morgan fingerprint density at radius 3 is 2.29 bits per heavy atom. The lowest BCUT2D eigenvalue weighted by atomic mass is 9.92. The number of nitrogens with one attached hydrogen (secondary N) is 3. The Labute approximate surface area is 384 Å². The van der Waals surface area contributed by atoms with E-state index in [0.717, 1.165) is 119 Å². The fraction of sp³-hybridized carbons (Fsp3) is 0.551. The minimum atomic E-state index is -2.69. The van der Waals surface area contributed by atoms with E-state index in [1.54, 1.807) is 46.6 Å². The Morgan fingerprint density at radius 2 is 1.62 bits per heavy atom. The third-order valence-corrected chi connectivity index (χ3v) is 14.7. The molecule has 1 atom stereocenters. The number of rotatable bonds is 13. The molecule has 66 heavy (non-hydrogen) atoms. The van der Waals surface area contributed by atoms with Crippen LogP contribution in [0.5, 0.6) is 0 Å². The average molecular weight is 908 g/mol. The number of imide groups is 1. The molecule has 3 saturated heterocycles. The molecule has 2 aromatic heterocycles. The molecule has 5 aliphatic rings. The highest BCUT2D eigenvalue weighted by Gasteiger charge is 2.34. The van der Waals surface area contributed by atoms with E-state index in [9.17, 15) is 33.4 Å². The number of para-hydroxylation sites is 2. The Hall–Kier alpha value is -5.68. The van der Waals surface area contributed by atoms with Gasteiger partial charge in [-0.25, -0.2) is 13.6 Å². The lowest BCUT2D eigenvalue weighted by Gasteiger charge is -2.39. The minimum Gasteiger partial charge on any atom is -0.385 e. The van der Waals surface area contributed by atoms with Crippen molar-refractivity contribution >= 4 is 40.3 Å². The van der Waals surface area contributed by atoms with Crippen LogP contribution >= 0.6 is 0 Å². The topological polar surface area (TPSA) is 157 Å². The normalized spacial score (nSPS) is 20.7. The molecular weight excluding hydrogens is 845 g/mol. The molecule has 3 amide bonds. The molecule has 0 bridgehead atoms. The fourth-order valence-electron chi connectivity index (χ4n) is 11.0. The highest BCUT2D eigenvalue weighted by Crippen LogP contribution is 2.40. The van der Waals surface area contributed by atoms with Gasteiger partial charge in [0.25, 0.3) is 6.43 Å². The van der Waals surface area contributed by atoms with Crippen LogP contribution < -0.4 is 21.2 Å². The molecule has 2 aromatic carbocycles. The van der Waals surface area contributed by atoms with E-state index in [1.165, 1.54) is 0 Å². The number of unbranched alkanes of at least 4 members (excludes halogenated alkanes) is 1. The van der Waals surface area contributed by atoms with Crippen LogP contribution in [0.25, 0.3) is 22.2 Å². The Morgan fingerprint density at radius 1 is 0.909 bits per heavy atom. The van der Waals surface area contributed by atoms with Crippen LogP contribution in [0.3, 0.4) is 0 Å². The van der Waals surface area contributed by atoms with Crippen molar-refractivity contribution in [3.8, 4) is 11.1 Å². The van der Waals surface area contributed by atoms with E-state index >= 15 is 0 Å². The number of alkyl halides is 2. The van der Waals surface area contributed by atoms with Crippen molar-refractivity contribution in [2.45, 2.75) is 103 Å². The molecule has 0 aliphatic carbocycles. The zero-order valence-corrected chi connectivity index (χ0v) is 38.2. The summed E-state index contributed by atoms with van der Waals surface area (Å²) in [7, 11) is 1.77. The summed E-state index contributed by atoms with van der Waals surface area (Å²) in [5, 5.41) is 20.0. The smallest absolute Gasteiger partial charge is 0.329 e. The van der Waals surface area contributed by atoms with Gasteiger partial charge >= 0.3 is 5.69 Å². The van der Waals surface area contributed by atoms with E-state index in [2.05, 4.69) is 25.5 Å². The maximum atomic E-state index is 14.6. The number of piperidine rings is 3. The third-order valence-electron chi connectivity index (χ3n) is 14.7. The Balaban J connectivity index is 0.759. The largest absolute Gasteiger partial charge is 0.385 e. The zero-order chi connectivity index (χ0) is 46.1. The fourth-order valence-corrected chi connectivity index (χ4v) is 11.0. The molecule has 17 heteroatoms. The van der Waals surface area contributed by atoms with Gasteiger partial charge in [-0.15, -0.1) is 0 Å². The number of carbonyl (C=O) groups is 3. The first kappa shape index (κ1) is 45.5. The molecule has 1 unspecified atom stereocenters. The molecule has 9 rings (SSSR count). The van der Waals surface area contributed by atoms with E-state index < -0.39 is 18.4 Å². The van der Waals surface area contributed by atoms with Crippen molar-refractivity contribution in [1.29, 1.82) is 5.41 Å². The number of aromatic nitrogens is 4. The van der Waals surface area contributed by atoms with Crippen LogP contribution in [-0.2, 0) is 34.4 Å². The summed E-state index contributed by atoms with van der Waals surface area (Å²) in [6.07, 6.45) is 9.56. The van der Waals surface area contributed by atoms with Crippen LogP contribution in [0.2, 0.25) is 0 Å². The number of fused-ring (bicyclic) bond motifs is 2. The lowest BCUT2D eigenvalue weighted by Crippen LogP contribution is -2.48. The van der Waals surface area contributed by atoms with Crippen molar-refractivity contribution in [3.63, 3.8) is 0 Å². The van der Waals surface area contributed by atoms with Gasteiger partial charge in [-0.1, -0.05) is 12.1 Å². The summed E-state index contributed by atoms with van der Waals surface area (Å²) < 4.78 is 34.2. The van der Waals surface area contributed by atoms with Gasteiger partial charge in [-0.2, -0.15) is 5.10 Å². The van der Waals surface area contributed by atoms with E-state index in [1.807, 2.05) is 39.8 Å². The van der Waals surface area contributed by atoms with Crippen LogP contribution in [0, 0.1) is 11.3 Å². The number of nitrogens with zero attached hydrogens (tertiary/aromatic N) is 8. The molecule has 5 aliphatic heterocycles. The number of carbonyl (C=O) groups excluding carboxylic acids is 3. The number of aryl methyl sites for hydroxylation is 2. The second kappa shape index (κ2) is 19.7. The quantitative estimate of drug-likeness (QED) is 0.0673. The van der Waals surface area contributed by atoms with Crippen molar-refractivity contribution in [1.82, 2.24) is 44.2 Å².